The summed E-state index contributed by atoms with van der Waals surface area (Å²) in [5, 5.41) is 0. The van der Waals surface area contributed by atoms with E-state index in [9.17, 15) is 0 Å². The van der Waals surface area contributed by atoms with Gasteiger partial charge in [-0.3, -0.25) is 4.90 Å². The third-order valence-electron chi connectivity index (χ3n) is 4.57. The third kappa shape index (κ3) is 7.80. The van der Waals surface area contributed by atoms with Gasteiger partial charge in [0.2, 0.25) is 0 Å². The van der Waals surface area contributed by atoms with Gasteiger partial charge < -0.3 is 0 Å². The molecule has 0 aliphatic carbocycles. The number of rotatable bonds is 2. The molecule has 2 bridgehead atoms. The van der Waals surface area contributed by atoms with E-state index in [4.69, 9.17) is 0 Å². The zero-order valence-electron chi connectivity index (χ0n) is 13.5. The third-order valence-corrected chi connectivity index (χ3v) is 4.57. The van der Waals surface area contributed by atoms with Gasteiger partial charge in [-0.25, -0.2) is 0 Å². The van der Waals surface area contributed by atoms with Crippen molar-refractivity contribution in [3.05, 3.63) is 35.9 Å². The minimum atomic E-state index is 0. The Morgan fingerprint density at radius 1 is 0.783 bits per heavy atom. The van der Waals surface area contributed by atoms with Crippen molar-refractivity contribution < 1.29 is 32.7 Å². The second kappa shape index (κ2) is 13.6. The van der Waals surface area contributed by atoms with Crippen LogP contribution in [0.25, 0.3) is 0 Å². The summed E-state index contributed by atoms with van der Waals surface area (Å²) in [6, 6.07) is 13.2. The van der Waals surface area contributed by atoms with Crippen molar-refractivity contribution in [3.63, 3.8) is 0 Å². The fraction of sp³-hybridized carbons (Fsp3) is 0.714. The summed E-state index contributed by atoms with van der Waals surface area (Å²) in [4.78, 5) is 2.72. The molecule has 0 amide bonds. The van der Waals surface area contributed by atoms with E-state index in [1.165, 1.54) is 31.2 Å². The van der Waals surface area contributed by atoms with Crippen molar-refractivity contribution in [2.45, 2.75) is 99.7 Å². The molecule has 133 valence electrons. The largest absolute Gasteiger partial charge is 0.295 e. The van der Waals surface area contributed by atoms with Crippen LogP contribution in [0.5, 0.6) is 0 Å². The van der Waals surface area contributed by atoms with Crippen molar-refractivity contribution in [1.29, 1.82) is 0 Å². The number of nitrogens with zero attached hydrogens (tertiary/aromatic N) is 1. The minimum absolute atomic E-state index is 0. The van der Waals surface area contributed by atoms with Gasteiger partial charge in [0.15, 0.2) is 0 Å². The first kappa shape index (κ1) is 28.1. The van der Waals surface area contributed by atoms with Crippen LogP contribution in [0, 0.1) is 0 Å². The van der Waals surface area contributed by atoms with Crippen LogP contribution in [0.4, 0.5) is 0 Å². The molecule has 0 spiro atoms. The van der Waals surface area contributed by atoms with Crippen LogP contribution in [-0.2, 0) is 32.7 Å². The summed E-state index contributed by atoms with van der Waals surface area (Å²) >= 11 is 0. The summed E-state index contributed by atoms with van der Waals surface area (Å²) in [6.45, 7) is 9.07. The molecule has 1 aromatic rings. The molecule has 0 saturated carbocycles. The summed E-state index contributed by atoms with van der Waals surface area (Å²) in [5.74, 6) is 0.659. The van der Waals surface area contributed by atoms with Gasteiger partial charge in [0, 0.05) is 50.8 Å². The van der Waals surface area contributed by atoms with Crippen molar-refractivity contribution in [2.75, 3.05) is 0 Å². The average Bonchev–Trinajstić information content (AvgIpc) is 3.00. The Hall–Kier alpha value is 0.284. The molecule has 0 unspecified atom stereocenters. The maximum absolute atomic E-state index is 2.72. The summed E-state index contributed by atoms with van der Waals surface area (Å²) in [7, 11) is 0. The fourth-order valence-corrected chi connectivity index (χ4v) is 3.63. The van der Waals surface area contributed by atoms with Crippen LogP contribution in [0.3, 0.4) is 0 Å². The van der Waals surface area contributed by atoms with Gasteiger partial charge in [-0.2, -0.15) is 0 Å². The molecule has 1 aromatic carbocycles. The van der Waals surface area contributed by atoms with Gasteiger partial charge in [-0.1, -0.05) is 66.5 Å². The smallest absolute Gasteiger partial charge is 0.0102 e. The summed E-state index contributed by atoms with van der Waals surface area (Å²) in [6.07, 6.45) is 5.90. The molecular weight excluding hydrogens is 355 g/mol. The van der Waals surface area contributed by atoms with Gasteiger partial charge >= 0.3 is 0 Å². The van der Waals surface area contributed by atoms with Crippen molar-refractivity contribution in [2.24, 2.45) is 0 Å². The number of benzene rings is 1. The molecule has 3 rings (SSSR count). The van der Waals surface area contributed by atoms with Crippen LogP contribution in [-0.4, -0.2) is 23.0 Å². The minimum Gasteiger partial charge on any atom is -0.295 e. The van der Waals surface area contributed by atoms with Crippen LogP contribution >= 0.6 is 0 Å². The van der Waals surface area contributed by atoms with Crippen LogP contribution < -0.4 is 0 Å². The quantitative estimate of drug-likeness (QED) is 0.535. The molecular formula is C21H41NY. The fourth-order valence-electron chi connectivity index (χ4n) is 3.63. The van der Waals surface area contributed by atoms with E-state index >= 15 is 0 Å². The van der Waals surface area contributed by atoms with Crippen LogP contribution in [0.1, 0.15) is 87.1 Å². The number of fused-ring (bicyclic) bond motifs is 2. The molecule has 2 heteroatoms. The first-order valence-electron chi connectivity index (χ1n) is 7.92. The molecule has 0 N–H and O–H groups in total. The normalized spacial score (nSPS) is 21.3. The predicted octanol–water partition coefficient (Wildman–Crippen LogP) is 6.74. The van der Waals surface area contributed by atoms with Crippen LogP contribution in [0.2, 0.25) is 0 Å². The Balaban J connectivity index is -0.000000298. The Kier molecular flexibility index (Phi) is 16.6. The van der Waals surface area contributed by atoms with Gasteiger partial charge in [0.1, 0.15) is 0 Å². The first-order chi connectivity index (χ1) is 9.09. The van der Waals surface area contributed by atoms with Crippen molar-refractivity contribution in [3.8, 4) is 0 Å². The van der Waals surface area contributed by atoms with Gasteiger partial charge in [0.05, 0.1) is 0 Å². The molecule has 0 aromatic heterocycles. The van der Waals surface area contributed by atoms with Gasteiger partial charge in [0.25, 0.3) is 0 Å². The molecule has 2 heterocycles. The molecule has 2 aliphatic heterocycles. The molecule has 23 heavy (non-hydrogen) atoms. The maximum Gasteiger partial charge on any atom is 0.0102 e. The molecule has 2 saturated heterocycles. The Labute approximate surface area is 172 Å². The van der Waals surface area contributed by atoms with E-state index in [-0.39, 0.29) is 55.0 Å². The SMILES string of the molecule is C.C.C.CC(C)N1C2CCC1CC2.CC(C)c1ccccc1.[Y]. The monoisotopic (exact) mass is 396 g/mol. The Bertz CT molecular complexity index is 355. The zero-order valence-corrected chi connectivity index (χ0v) is 16.4. The van der Waals surface area contributed by atoms with Crippen molar-refractivity contribution >= 4 is 0 Å². The second-order valence-corrected chi connectivity index (χ2v) is 6.57. The van der Waals surface area contributed by atoms with Gasteiger partial charge in [-0.05, 0) is 51.0 Å². The predicted molar refractivity (Wildman–Crippen MR) is 104 cm³/mol. The number of hydrogen-bond donors (Lipinski definition) is 0. The average molecular weight is 396 g/mol. The van der Waals surface area contributed by atoms with E-state index in [0.717, 1.165) is 18.1 Å². The zero-order chi connectivity index (χ0) is 13.8. The van der Waals surface area contributed by atoms with E-state index < -0.39 is 0 Å². The van der Waals surface area contributed by atoms with Crippen molar-refractivity contribution in [1.82, 2.24) is 4.90 Å². The maximum atomic E-state index is 2.72. The van der Waals surface area contributed by atoms with E-state index in [1.807, 2.05) is 6.07 Å². The second-order valence-electron chi connectivity index (χ2n) is 6.57. The molecule has 1 nitrogen and oxygen atoms in total. The molecule has 0 atom stereocenters. The van der Waals surface area contributed by atoms with Gasteiger partial charge in [-0.15, -0.1) is 0 Å². The number of hydrogen-bond acceptors (Lipinski definition) is 1. The summed E-state index contributed by atoms with van der Waals surface area (Å²) < 4.78 is 0. The van der Waals surface area contributed by atoms with E-state index in [0.29, 0.717) is 5.92 Å². The van der Waals surface area contributed by atoms with E-state index in [1.54, 1.807) is 0 Å². The Morgan fingerprint density at radius 3 is 1.39 bits per heavy atom. The topological polar surface area (TPSA) is 3.24 Å². The molecule has 2 fully saturated rings. The standard InChI is InChI=1S/C9H17N.C9H12.3CH4.Y/c1-7(2)10-8-3-4-9(10)6-5-8;1-8(2)9-6-4-3-5-7-9;;;;/h7-9H,3-6H2,1-2H3;3-8H,1-2H3;3*1H4;. The Morgan fingerprint density at radius 2 is 1.17 bits per heavy atom. The van der Waals surface area contributed by atoms with E-state index in [2.05, 4.69) is 56.9 Å². The molecule has 1 radical (unpaired) electrons. The summed E-state index contributed by atoms with van der Waals surface area (Å²) in [5.41, 5.74) is 1.41. The first-order valence-corrected chi connectivity index (χ1v) is 7.92. The van der Waals surface area contributed by atoms with Crippen LogP contribution in [0.15, 0.2) is 30.3 Å². The molecule has 2 aliphatic rings.